The smallest absolute Gasteiger partial charge is 0.550 e. The molecule has 0 radical (unpaired) electrons. The van der Waals surface area contributed by atoms with Crippen molar-refractivity contribution in [3.63, 3.8) is 0 Å². The predicted octanol–water partition coefficient (Wildman–Crippen LogP) is 0.286. The Kier molecular flexibility index (Phi) is 19.0. The molecule has 62 heavy (non-hydrogen) atoms. The molecule has 0 saturated carbocycles. The number of anilines is 2. The van der Waals surface area contributed by atoms with Crippen LogP contribution in [0.5, 0.6) is 0 Å². The van der Waals surface area contributed by atoms with Gasteiger partial charge in [-0.3, -0.25) is 44.1 Å². The third-order valence-corrected chi connectivity index (χ3v) is 12.3. The van der Waals surface area contributed by atoms with Crippen LogP contribution in [0.25, 0.3) is 0 Å². The Balaban J connectivity index is 0.000000192. The van der Waals surface area contributed by atoms with Crippen LogP contribution in [0, 0.1) is 23.7 Å². The molecule has 8 heterocycles. The number of piperidine rings is 4. The first-order valence-corrected chi connectivity index (χ1v) is 21.6. The van der Waals surface area contributed by atoms with E-state index in [0.717, 1.165) is 108 Å². The van der Waals surface area contributed by atoms with Crippen molar-refractivity contribution in [2.45, 2.75) is 64.5 Å². The van der Waals surface area contributed by atoms with Gasteiger partial charge in [0, 0.05) is 80.6 Å². The fourth-order valence-corrected chi connectivity index (χ4v) is 8.45. The van der Waals surface area contributed by atoms with Gasteiger partial charge in [-0.25, -0.2) is 0 Å². The summed E-state index contributed by atoms with van der Waals surface area (Å²) in [4.78, 5) is 71.0. The fourth-order valence-electron chi connectivity index (χ4n) is 8.45. The van der Waals surface area contributed by atoms with Crippen molar-refractivity contribution in [2.24, 2.45) is 23.7 Å². The number of ketones is 2. The van der Waals surface area contributed by atoms with Gasteiger partial charge in [0.2, 0.25) is 5.91 Å². The Bertz CT molecular complexity index is 2020. The molecule has 5 N–H and O–H groups in total. The molecule has 1 amide bonds. The van der Waals surface area contributed by atoms with Gasteiger partial charge >= 0.3 is 18.9 Å². The van der Waals surface area contributed by atoms with E-state index in [0.29, 0.717) is 43.0 Å². The van der Waals surface area contributed by atoms with Crippen molar-refractivity contribution < 1.29 is 43.1 Å². The zero-order valence-corrected chi connectivity index (χ0v) is 35.9. The summed E-state index contributed by atoms with van der Waals surface area (Å²) in [6, 6.07) is 14.8. The van der Waals surface area contributed by atoms with Crippen molar-refractivity contribution in [1.82, 2.24) is 40.0 Å². The Labute approximate surface area is 376 Å². The van der Waals surface area contributed by atoms with Crippen molar-refractivity contribution in [2.75, 3.05) is 63.8 Å². The number of amides is 1. The SMILES string of the molecule is Nc1cnccc1CN1CCC(C(=O)N2CCC(C(=O)c3ccccn3)CC2)CC1.Nc1cnccc1CN1CCC(C(=O)[O-])CC1.O=C(c1ccccn1)C1CCNCC1.[Li+]. The standard InChI is InChI=1S/C23H29N5O2.C12H17N3O2.C11H14N2O.Li/c24-20-15-25-10-4-19(20)16-27-11-5-18(6-12-27)23(30)28-13-7-17(8-14-28)22(29)21-3-1-2-9-26-21;13-11-7-14-4-1-10(11)8-15-5-2-9(3-6-15)12(16)17;14-11(9-4-7-12-8-5-9)10-3-1-2-6-13-10;/h1-4,9-10,15,17-18H,5-8,11-14,16,24H2;1,4,7,9H,2-3,5-6,8,13H2,(H,16,17);1-3,6,9,12H,4-5,7-8H2;/q;;;+1/p-1. The molecule has 4 aromatic heterocycles. The number of aliphatic carboxylic acids is 1. The molecule has 0 atom stereocenters. The van der Waals surface area contributed by atoms with E-state index in [1.165, 1.54) is 0 Å². The van der Waals surface area contributed by atoms with Crippen LogP contribution >= 0.6 is 0 Å². The number of nitrogen functional groups attached to an aromatic ring is 2. The number of hydrogen-bond donors (Lipinski definition) is 3. The third-order valence-electron chi connectivity index (χ3n) is 12.3. The van der Waals surface area contributed by atoms with Crippen LogP contribution in [0.4, 0.5) is 11.4 Å². The summed E-state index contributed by atoms with van der Waals surface area (Å²) in [6.07, 6.45) is 16.5. The van der Waals surface area contributed by atoms with Gasteiger partial charge in [-0.15, -0.1) is 0 Å². The first-order chi connectivity index (χ1) is 29.7. The Morgan fingerprint density at radius 1 is 0.581 bits per heavy atom. The number of rotatable bonds is 10. The molecule has 324 valence electrons. The minimum atomic E-state index is -0.923. The Morgan fingerprint density at radius 3 is 1.44 bits per heavy atom. The maximum absolute atomic E-state index is 13.0. The summed E-state index contributed by atoms with van der Waals surface area (Å²) >= 11 is 0. The summed E-state index contributed by atoms with van der Waals surface area (Å²) in [6.45, 7) is 8.13. The first kappa shape index (κ1) is 48.0. The summed E-state index contributed by atoms with van der Waals surface area (Å²) in [5, 5.41) is 14.0. The van der Waals surface area contributed by atoms with E-state index >= 15 is 0 Å². The number of pyridine rings is 4. The second-order valence-corrected chi connectivity index (χ2v) is 16.4. The van der Waals surface area contributed by atoms with Gasteiger partial charge in [0.15, 0.2) is 11.6 Å². The van der Waals surface area contributed by atoms with Crippen molar-refractivity contribution in [3.05, 3.63) is 108 Å². The zero-order valence-electron chi connectivity index (χ0n) is 35.9. The van der Waals surface area contributed by atoms with E-state index in [9.17, 15) is 24.3 Å². The number of carboxylic acids is 1. The summed E-state index contributed by atoms with van der Waals surface area (Å²) in [5.74, 6) is -0.434. The van der Waals surface area contributed by atoms with Gasteiger partial charge < -0.3 is 31.6 Å². The molecule has 0 spiro atoms. The average molecular weight is 839 g/mol. The van der Waals surface area contributed by atoms with Gasteiger partial charge in [-0.1, -0.05) is 12.1 Å². The molecule has 16 heteroatoms. The third kappa shape index (κ3) is 14.0. The number of carbonyl (C=O) groups excluding carboxylic acids is 4. The van der Waals surface area contributed by atoms with Crippen molar-refractivity contribution in [1.29, 1.82) is 0 Å². The van der Waals surface area contributed by atoms with Crippen LogP contribution in [0.2, 0.25) is 0 Å². The quantitative estimate of drug-likeness (QED) is 0.145. The van der Waals surface area contributed by atoms with Crippen molar-refractivity contribution in [3.8, 4) is 0 Å². The van der Waals surface area contributed by atoms with Crippen LogP contribution in [0.15, 0.2) is 85.7 Å². The fraction of sp³-hybridized carbons (Fsp3) is 0.478. The molecule has 4 aromatic rings. The van der Waals surface area contributed by atoms with E-state index in [4.69, 9.17) is 11.5 Å². The number of aromatic nitrogens is 4. The predicted molar refractivity (Wildman–Crippen MR) is 230 cm³/mol. The molecule has 0 aromatic carbocycles. The number of nitrogens with zero attached hydrogens (tertiary/aromatic N) is 7. The molecule has 4 aliphatic heterocycles. The number of Topliss-reactive ketones (excluding diaryl/α,β-unsaturated/α-hetero) is 2. The van der Waals surface area contributed by atoms with Crippen LogP contribution < -0.4 is 40.8 Å². The van der Waals surface area contributed by atoms with Gasteiger partial charge in [0.1, 0.15) is 11.4 Å². The van der Waals surface area contributed by atoms with Crippen LogP contribution in [0.3, 0.4) is 0 Å². The zero-order chi connectivity index (χ0) is 43.0. The monoisotopic (exact) mass is 838 g/mol. The van der Waals surface area contributed by atoms with Crippen LogP contribution in [-0.4, -0.2) is 110 Å². The maximum atomic E-state index is 13.0. The van der Waals surface area contributed by atoms with E-state index in [-0.39, 0.29) is 60.0 Å². The molecule has 0 bridgehead atoms. The first-order valence-electron chi connectivity index (χ1n) is 21.6. The Hall–Kier alpha value is -5.04. The second kappa shape index (κ2) is 24.6. The number of likely N-dealkylation sites (tertiary alicyclic amines) is 3. The molecular formula is C46H59LiN10O5. The molecule has 0 aliphatic carbocycles. The molecular weight excluding hydrogens is 780 g/mol. The van der Waals surface area contributed by atoms with E-state index in [1.54, 1.807) is 49.3 Å². The molecule has 4 aliphatic rings. The number of carbonyl (C=O) groups is 4. The van der Waals surface area contributed by atoms with Gasteiger partial charge in [0.25, 0.3) is 0 Å². The Morgan fingerprint density at radius 2 is 1.02 bits per heavy atom. The topological polar surface area (TPSA) is 217 Å². The van der Waals surface area contributed by atoms with Crippen LogP contribution in [-0.2, 0) is 22.7 Å². The minimum Gasteiger partial charge on any atom is -0.550 e. The summed E-state index contributed by atoms with van der Waals surface area (Å²) < 4.78 is 0. The number of hydrogen-bond acceptors (Lipinski definition) is 14. The number of nitrogens with two attached hydrogens (primary N) is 2. The van der Waals surface area contributed by atoms with Gasteiger partial charge in [-0.2, -0.15) is 0 Å². The maximum Gasteiger partial charge on any atom is 1.00 e. The van der Waals surface area contributed by atoms with E-state index in [1.807, 2.05) is 41.3 Å². The molecule has 4 fully saturated rings. The summed E-state index contributed by atoms with van der Waals surface area (Å²) in [7, 11) is 0. The van der Waals surface area contributed by atoms with E-state index in [2.05, 4.69) is 35.1 Å². The summed E-state index contributed by atoms with van der Waals surface area (Å²) in [5.41, 5.74) is 16.5. The largest absolute Gasteiger partial charge is 1.00 e. The number of carboxylic acid groups (broad SMARTS) is 1. The molecule has 8 rings (SSSR count). The van der Waals surface area contributed by atoms with E-state index < -0.39 is 5.97 Å². The van der Waals surface area contributed by atoms with Gasteiger partial charge in [0.05, 0.1) is 23.8 Å². The average Bonchev–Trinajstić information content (AvgIpc) is 3.31. The molecule has 15 nitrogen and oxygen atoms in total. The normalized spacial score (nSPS) is 18.2. The van der Waals surface area contributed by atoms with Gasteiger partial charge in [-0.05, 0) is 138 Å². The number of nitrogens with one attached hydrogen (secondary N) is 1. The minimum absolute atomic E-state index is 0. The second-order valence-electron chi connectivity index (χ2n) is 16.4. The molecule has 0 unspecified atom stereocenters. The van der Waals surface area contributed by atoms with Crippen LogP contribution in [0.1, 0.15) is 83.5 Å². The molecule has 4 saturated heterocycles. The van der Waals surface area contributed by atoms with Crippen molar-refractivity contribution >= 4 is 34.8 Å².